The number of furan rings is 1. The molecule has 0 aliphatic carbocycles. The molecule has 1 aliphatic rings. The van der Waals surface area contributed by atoms with Crippen LogP contribution in [-0.2, 0) is 4.79 Å². The van der Waals surface area contributed by atoms with Gasteiger partial charge in [0.15, 0.2) is 29.1 Å². The highest BCUT2D eigenvalue weighted by atomic mass is 19.1. The van der Waals surface area contributed by atoms with Gasteiger partial charge in [0.1, 0.15) is 11.5 Å². The van der Waals surface area contributed by atoms with E-state index in [1.807, 2.05) is 11.9 Å². The topological polar surface area (TPSA) is 138 Å². The van der Waals surface area contributed by atoms with Crippen LogP contribution in [0.3, 0.4) is 0 Å². The van der Waals surface area contributed by atoms with E-state index in [0.717, 1.165) is 6.07 Å². The first-order chi connectivity index (χ1) is 18.7. The molecule has 5 rings (SSSR count). The maximum atomic E-state index is 14.6. The number of aliphatic carboxylic acids is 1. The Bertz CT molecular complexity index is 1470. The first-order valence-corrected chi connectivity index (χ1v) is 12.3. The highest BCUT2D eigenvalue weighted by molar-refractivity contribution is 5.72. The van der Waals surface area contributed by atoms with Crippen molar-refractivity contribution in [2.24, 2.45) is 0 Å². The van der Waals surface area contributed by atoms with Crippen LogP contribution in [0.5, 0.6) is 5.75 Å². The number of carbonyl (C=O) groups is 1. The van der Waals surface area contributed by atoms with Crippen molar-refractivity contribution in [2.75, 3.05) is 61.8 Å². The van der Waals surface area contributed by atoms with Crippen LogP contribution in [-0.4, -0.2) is 88.0 Å². The number of aromatic nitrogens is 4. The second-order valence-corrected chi connectivity index (χ2v) is 9.24. The van der Waals surface area contributed by atoms with Crippen molar-refractivity contribution in [3.05, 3.63) is 48.2 Å². The molecular weight excluding hydrogens is 514 g/mol. The molecule has 14 heteroatoms. The van der Waals surface area contributed by atoms with E-state index in [0.29, 0.717) is 62.3 Å². The lowest BCUT2D eigenvalue weighted by Crippen LogP contribution is -2.48. The summed E-state index contributed by atoms with van der Waals surface area (Å²) in [5, 5.41) is 13.4. The van der Waals surface area contributed by atoms with Gasteiger partial charge in [0.05, 0.1) is 12.0 Å². The Kier molecular flexibility index (Phi) is 7.19. The third-order valence-electron chi connectivity index (χ3n) is 6.57. The first kappa shape index (κ1) is 26.2. The van der Waals surface area contributed by atoms with Crippen LogP contribution < -0.4 is 20.3 Å². The van der Waals surface area contributed by atoms with Crippen molar-refractivity contribution in [2.45, 2.75) is 13.0 Å². The van der Waals surface area contributed by atoms with E-state index in [9.17, 15) is 13.6 Å². The minimum Gasteiger partial charge on any atom is -0.479 e. The number of piperazine rings is 1. The number of fused-ring (bicyclic) bond motifs is 1. The number of benzene rings is 1. The molecule has 1 aliphatic heterocycles. The quantitative estimate of drug-likeness (QED) is 0.322. The molecule has 1 aromatic carbocycles. The average Bonchev–Trinajstić information content (AvgIpc) is 3.59. The number of nitrogen functional groups attached to an aromatic ring is 1. The molecule has 1 fully saturated rings. The predicted molar refractivity (Wildman–Crippen MR) is 139 cm³/mol. The van der Waals surface area contributed by atoms with Crippen molar-refractivity contribution >= 4 is 29.2 Å². The third kappa shape index (κ3) is 5.55. The van der Waals surface area contributed by atoms with Gasteiger partial charge in [-0.05, 0) is 19.1 Å². The van der Waals surface area contributed by atoms with Crippen LogP contribution >= 0.6 is 0 Å². The molecule has 0 bridgehead atoms. The standard InChI is InChI=1S/C25H28F2N8O4/c1-15(23(36)37)39-21-14-19(16(26)12-17(21)27)34-9-7-33(8-10-34)6-5-32(2)25-29-22-13-18(20-4-3-11-38-20)31-35(22)24(28)30-25/h3-4,11-15H,5-10H2,1-2H3,(H,36,37)(H2,28,29,30)/t15-/m1/s1. The maximum absolute atomic E-state index is 14.6. The van der Waals surface area contributed by atoms with Crippen molar-refractivity contribution in [1.29, 1.82) is 0 Å². The predicted octanol–water partition coefficient (Wildman–Crippen LogP) is 2.35. The Morgan fingerprint density at radius 2 is 1.97 bits per heavy atom. The van der Waals surface area contributed by atoms with Crippen LogP contribution in [0, 0.1) is 11.6 Å². The second-order valence-electron chi connectivity index (χ2n) is 9.24. The number of nitrogens with zero attached hydrogens (tertiary/aromatic N) is 7. The summed E-state index contributed by atoms with van der Waals surface area (Å²) in [6, 6.07) is 7.30. The second kappa shape index (κ2) is 10.7. The summed E-state index contributed by atoms with van der Waals surface area (Å²) in [6.45, 7) is 4.89. The maximum Gasteiger partial charge on any atom is 0.344 e. The molecule has 0 unspecified atom stereocenters. The summed E-state index contributed by atoms with van der Waals surface area (Å²) >= 11 is 0. The zero-order valence-corrected chi connectivity index (χ0v) is 21.4. The zero-order chi connectivity index (χ0) is 27.7. The monoisotopic (exact) mass is 542 g/mol. The molecule has 1 saturated heterocycles. The van der Waals surface area contributed by atoms with Gasteiger partial charge in [0, 0.05) is 64.5 Å². The lowest BCUT2D eigenvalue weighted by atomic mass is 10.2. The van der Waals surface area contributed by atoms with Gasteiger partial charge >= 0.3 is 5.97 Å². The summed E-state index contributed by atoms with van der Waals surface area (Å²) in [7, 11) is 1.87. The number of likely N-dealkylation sites (N-methyl/N-ethyl adjacent to an activating group) is 1. The van der Waals surface area contributed by atoms with E-state index < -0.39 is 23.7 Å². The van der Waals surface area contributed by atoms with E-state index in [1.54, 1.807) is 29.4 Å². The molecule has 0 amide bonds. The molecular formula is C25H28F2N8O4. The smallest absolute Gasteiger partial charge is 0.344 e. The average molecular weight is 543 g/mol. The number of hydrogen-bond donors (Lipinski definition) is 2. The molecule has 12 nitrogen and oxygen atoms in total. The molecule has 0 spiro atoms. The van der Waals surface area contributed by atoms with Gasteiger partial charge in [-0.1, -0.05) is 0 Å². The molecule has 3 N–H and O–H groups in total. The minimum atomic E-state index is -1.27. The normalized spacial score (nSPS) is 15.0. The fourth-order valence-corrected chi connectivity index (χ4v) is 4.31. The molecule has 0 saturated carbocycles. The molecule has 4 aromatic rings. The molecule has 206 valence electrons. The number of hydrogen-bond acceptors (Lipinski definition) is 10. The highest BCUT2D eigenvalue weighted by Gasteiger charge is 2.24. The molecule has 0 radical (unpaired) electrons. The third-order valence-corrected chi connectivity index (χ3v) is 6.57. The summed E-state index contributed by atoms with van der Waals surface area (Å²) < 4.78 is 40.7. The number of anilines is 3. The summed E-state index contributed by atoms with van der Waals surface area (Å²) in [5.74, 6) is -1.94. The van der Waals surface area contributed by atoms with Crippen molar-refractivity contribution in [3.63, 3.8) is 0 Å². The highest BCUT2D eigenvalue weighted by Crippen LogP contribution is 2.30. The number of carboxylic acid groups (broad SMARTS) is 1. The van der Waals surface area contributed by atoms with Crippen molar-refractivity contribution < 1.29 is 27.8 Å². The van der Waals surface area contributed by atoms with Gasteiger partial charge in [-0.15, -0.1) is 0 Å². The Balaban J connectivity index is 1.19. The van der Waals surface area contributed by atoms with E-state index in [-0.39, 0.29) is 17.4 Å². The van der Waals surface area contributed by atoms with Gasteiger partial charge in [-0.2, -0.15) is 19.6 Å². The van der Waals surface area contributed by atoms with Gasteiger partial charge in [0.25, 0.3) is 0 Å². The molecule has 39 heavy (non-hydrogen) atoms. The number of rotatable bonds is 9. The van der Waals surface area contributed by atoms with E-state index in [4.69, 9.17) is 20.0 Å². The van der Waals surface area contributed by atoms with Crippen LogP contribution in [0.15, 0.2) is 41.0 Å². The lowest BCUT2D eigenvalue weighted by molar-refractivity contribution is -0.144. The van der Waals surface area contributed by atoms with E-state index >= 15 is 0 Å². The van der Waals surface area contributed by atoms with E-state index in [2.05, 4.69) is 20.0 Å². The fraction of sp³-hybridized carbons (Fsp3) is 0.360. The van der Waals surface area contributed by atoms with Crippen molar-refractivity contribution in [3.8, 4) is 17.2 Å². The number of nitrogens with two attached hydrogens (primary N) is 1. The molecule has 4 heterocycles. The van der Waals surface area contributed by atoms with Crippen LogP contribution in [0.2, 0.25) is 0 Å². The molecule has 1 atom stereocenters. The zero-order valence-electron chi connectivity index (χ0n) is 21.4. The number of ether oxygens (including phenoxy) is 1. The van der Waals surface area contributed by atoms with Gasteiger partial charge in [-0.3, -0.25) is 4.90 Å². The Morgan fingerprint density at radius 3 is 2.67 bits per heavy atom. The first-order valence-electron chi connectivity index (χ1n) is 12.3. The number of carboxylic acids is 1. The van der Waals surface area contributed by atoms with Gasteiger partial charge in [-0.25, -0.2) is 13.6 Å². The minimum absolute atomic E-state index is 0.174. The summed E-state index contributed by atoms with van der Waals surface area (Å²) in [5.41, 5.74) is 7.45. The van der Waals surface area contributed by atoms with E-state index in [1.165, 1.54) is 17.5 Å². The van der Waals surface area contributed by atoms with Crippen LogP contribution in [0.1, 0.15) is 6.92 Å². The summed E-state index contributed by atoms with van der Waals surface area (Å²) in [4.78, 5) is 25.9. The lowest BCUT2D eigenvalue weighted by Gasteiger charge is -2.37. The van der Waals surface area contributed by atoms with Gasteiger partial charge in [0.2, 0.25) is 11.9 Å². The largest absolute Gasteiger partial charge is 0.479 e. The fourth-order valence-electron chi connectivity index (χ4n) is 4.31. The van der Waals surface area contributed by atoms with Gasteiger partial charge < -0.3 is 29.8 Å². The SMILES string of the molecule is C[C@@H](Oc1cc(N2CCN(CCN(C)c3nc(N)n4nc(-c5ccco5)cc4n3)CC2)c(F)cc1F)C(=O)O. The summed E-state index contributed by atoms with van der Waals surface area (Å²) in [6.07, 6.45) is 0.302. The number of halogens is 2. The Hall–Kier alpha value is -4.46. The Morgan fingerprint density at radius 1 is 1.21 bits per heavy atom. The van der Waals surface area contributed by atoms with Crippen molar-refractivity contribution in [1.82, 2.24) is 24.5 Å². The van der Waals surface area contributed by atoms with Crippen LogP contribution in [0.4, 0.5) is 26.4 Å². The Labute approximate surface area is 222 Å². The van der Waals surface area contributed by atoms with Crippen LogP contribution in [0.25, 0.3) is 17.1 Å². The molecule has 3 aromatic heterocycles.